The summed E-state index contributed by atoms with van der Waals surface area (Å²) in [4.78, 5) is 14.2. The van der Waals surface area contributed by atoms with Crippen LogP contribution >= 0.6 is 0 Å². The summed E-state index contributed by atoms with van der Waals surface area (Å²) in [6.07, 6.45) is 2.94. The van der Waals surface area contributed by atoms with Crippen LogP contribution in [0.3, 0.4) is 0 Å². The zero-order chi connectivity index (χ0) is 18.0. The molecule has 6 nitrogen and oxygen atoms in total. The molecular weight excluding hydrogens is 319 g/mol. The summed E-state index contributed by atoms with van der Waals surface area (Å²) in [7, 11) is -1.34. The van der Waals surface area contributed by atoms with E-state index in [1.165, 1.54) is 11.1 Å². The number of benzene rings is 1. The SMILES string of the molecule is N[C@]1(C(=O)O)C[C@H](CCB(O)O)CCC1CN1Cc2ccccc2C1. The Morgan fingerprint density at radius 1 is 1.24 bits per heavy atom. The van der Waals surface area contributed by atoms with Crippen LogP contribution in [0.2, 0.25) is 6.32 Å². The van der Waals surface area contributed by atoms with Crippen LogP contribution in [0.4, 0.5) is 0 Å². The molecule has 1 saturated carbocycles. The van der Waals surface area contributed by atoms with Crippen LogP contribution < -0.4 is 5.73 Å². The molecule has 3 atom stereocenters. The molecule has 1 aromatic rings. The van der Waals surface area contributed by atoms with E-state index < -0.39 is 18.6 Å². The fraction of sp³-hybridized carbons (Fsp3) is 0.611. The van der Waals surface area contributed by atoms with Gasteiger partial charge in [-0.1, -0.05) is 30.7 Å². The molecule has 3 rings (SSSR count). The van der Waals surface area contributed by atoms with Gasteiger partial charge in [-0.2, -0.15) is 0 Å². The summed E-state index contributed by atoms with van der Waals surface area (Å²) < 4.78 is 0. The van der Waals surface area contributed by atoms with Crippen molar-refractivity contribution in [2.24, 2.45) is 17.6 Å². The number of nitrogens with two attached hydrogens (primary N) is 1. The average molecular weight is 346 g/mol. The van der Waals surface area contributed by atoms with E-state index in [9.17, 15) is 9.90 Å². The van der Waals surface area contributed by atoms with E-state index in [2.05, 4.69) is 17.0 Å². The first kappa shape index (κ1) is 18.4. The summed E-state index contributed by atoms with van der Waals surface area (Å²) in [5.74, 6) is -0.895. The van der Waals surface area contributed by atoms with E-state index in [1.807, 2.05) is 12.1 Å². The molecule has 0 amide bonds. The zero-order valence-corrected chi connectivity index (χ0v) is 14.5. The summed E-state index contributed by atoms with van der Waals surface area (Å²) in [5.41, 5.74) is 7.76. The molecule has 0 aromatic heterocycles. The summed E-state index contributed by atoms with van der Waals surface area (Å²) in [6.45, 7) is 2.39. The van der Waals surface area contributed by atoms with Crippen molar-refractivity contribution in [3.63, 3.8) is 0 Å². The molecule has 25 heavy (non-hydrogen) atoms. The summed E-state index contributed by atoms with van der Waals surface area (Å²) >= 11 is 0. The van der Waals surface area contributed by atoms with Gasteiger partial charge < -0.3 is 20.9 Å². The van der Waals surface area contributed by atoms with E-state index in [4.69, 9.17) is 15.8 Å². The van der Waals surface area contributed by atoms with Crippen molar-refractivity contribution in [1.29, 1.82) is 0 Å². The third-order valence-corrected chi connectivity index (χ3v) is 5.89. The highest BCUT2D eigenvalue weighted by Gasteiger charge is 2.47. The second-order valence-corrected chi connectivity index (χ2v) is 7.69. The number of hydrogen-bond donors (Lipinski definition) is 4. The smallest absolute Gasteiger partial charge is 0.451 e. The van der Waals surface area contributed by atoms with E-state index in [0.717, 1.165) is 25.9 Å². The largest absolute Gasteiger partial charge is 0.480 e. The molecule has 0 radical (unpaired) electrons. The molecule has 1 aromatic carbocycles. The Morgan fingerprint density at radius 3 is 2.44 bits per heavy atom. The lowest BCUT2D eigenvalue weighted by molar-refractivity contribution is -0.148. The maximum Gasteiger partial charge on any atom is 0.451 e. The number of carbonyl (C=O) groups is 1. The molecule has 0 saturated heterocycles. The second-order valence-electron chi connectivity index (χ2n) is 7.69. The number of hydrogen-bond acceptors (Lipinski definition) is 5. The third kappa shape index (κ3) is 4.06. The highest BCUT2D eigenvalue weighted by molar-refractivity contribution is 6.40. The molecule has 2 aliphatic rings. The Labute approximate surface area is 148 Å². The van der Waals surface area contributed by atoms with Crippen LogP contribution in [-0.2, 0) is 17.9 Å². The van der Waals surface area contributed by atoms with Crippen LogP contribution in [-0.4, -0.2) is 45.2 Å². The monoisotopic (exact) mass is 346 g/mol. The van der Waals surface area contributed by atoms with Crippen molar-refractivity contribution >= 4 is 13.1 Å². The fourth-order valence-electron chi connectivity index (χ4n) is 4.43. The Bertz CT molecular complexity index is 602. The summed E-state index contributed by atoms with van der Waals surface area (Å²) in [5, 5.41) is 27.9. The number of fused-ring (bicyclic) bond motifs is 1. The predicted molar refractivity (Wildman–Crippen MR) is 95.6 cm³/mol. The number of aliphatic carboxylic acids is 1. The van der Waals surface area contributed by atoms with Crippen molar-refractivity contribution in [1.82, 2.24) is 4.90 Å². The quantitative estimate of drug-likeness (QED) is 0.574. The predicted octanol–water partition coefficient (Wildman–Crippen LogP) is 1.06. The van der Waals surface area contributed by atoms with E-state index in [0.29, 0.717) is 19.4 Å². The highest BCUT2D eigenvalue weighted by atomic mass is 16.4. The fourth-order valence-corrected chi connectivity index (χ4v) is 4.43. The maximum atomic E-state index is 11.9. The van der Waals surface area contributed by atoms with Gasteiger partial charge in [-0.05, 0) is 42.6 Å². The standard InChI is InChI=1S/C18H27BN2O4/c20-18(17(22)23)9-13(7-8-19(24)25)5-6-16(18)12-21-10-14-3-1-2-4-15(14)11-21/h1-4,13,16,24-25H,5-12,20H2,(H,22,23)/t13-,16?,18+/m0/s1. The molecule has 1 heterocycles. The maximum absolute atomic E-state index is 11.9. The molecule has 1 aliphatic heterocycles. The topological polar surface area (TPSA) is 107 Å². The number of rotatable bonds is 6. The van der Waals surface area contributed by atoms with Gasteiger partial charge in [0.1, 0.15) is 5.54 Å². The molecule has 1 aliphatic carbocycles. The molecular formula is C18H27BN2O4. The van der Waals surface area contributed by atoms with Gasteiger partial charge in [0.25, 0.3) is 0 Å². The van der Waals surface area contributed by atoms with Gasteiger partial charge in [-0.3, -0.25) is 9.69 Å². The lowest BCUT2D eigenvalue weighted by atomic mass is 9.66. The van der Waals surface area contributed by atoms with Crippen LogP contribution in [0, 0.1) is 11.8 Å². The number of carboxylic acid groups (broad SMARTS) is 1. The van der Waals surface area contributed by atoms with Crippen LogP contribution in [0.5, 0.6) is 0 Å². The van der Waals surface area contributed by atoms with Crippen molar-refractivity contribution in [3.8, 4) is 0 Å². The molecule has 0 spiro atoms. The van der Waals surface area contributed by atoms with Gasteiger partial charge in [0.2, 0.25) is 0 Å². The van der Waals surface area contributed by atoms with Gasteiger partial charge in [0, 0.05) is 25.6 Å². The Morgan fingerprint density at radius 2 is 1.88 bits per heavy atom. The molecule has 7 heteroatoms. The van der Waals surface area contributed by atoms with E-state index >= 15 is 0 Å². The minimum absolute atomic E-state index is 0.0883. The zero-order valence-electron chi connectivity index (χ0n) is 14.5. The third-order valence-electron chi connectivity index (χ3n) is 5.89. The Balaban J connectivity index is 1.64. The minimum atomic E-state index is -1.34. The van der Waals surface area contributed by atoms with E-state index in [1.54, 1.807) is 0 Å². The van der Waals surface area contributed by atoms with Gasteiger partial charge in [-0.15, -0.1) is 0 Å². The van der Waals surface area contributed by atoms with Crippen molar-refractivity contribution < 1.29 is 19.9 Å². The normalized spacial score (nSPS) is 29.4. The number of nitrogens with zero attached hydrogens (tertiary/aromatic N) is 1. The number of carboxylic acids is 1. The van der Waals surface area contributed by atoms with Gasteiger partial charge in [0.05, 0.1) is 0 Å². The first-order valence-corrected chi connectivity index (χ1v) is 9.06. The average Bonchev–Trinajstić information content (AvgIpc) is 2.97. The van der Waals surface area contributed by atoms with Crippen molar-refractivity contribution in [2.75, 3.05) is 6.54 Å². The van der Waals surface area contributed by atoms with Gasteiger partial charge in [-0.25, -0.2) is 0 Å². The van der Waals surface area contributed by atoms with Crippen LogP contribution in [0.15, 0.2) is 24.3 Å². The highest BCUT2D eigenvalue weighted by Crippen LogP contribution is 2.39. The molecule has 136 valence electrons. The first-order valence-electron chi connectivity index (χ1n) is 9.06. The first-order chi connectivity index (χ1) is 11.9. The van der Waals surface area contributed by atoms with Crippen LogP contribution in [0.25, 0.3) is 0 Å². The molecule has 5 N–H and O–H groups in total. The molecule has 1 unspecified atom stereocenters. The van der Waals surface area contributed by atoms with Gasteiger partial charge in [0.15, 0.2) is 0 Å². The minimum Gasteiger partial charge on any atom is -0.480 e. The molecule has 1 fully saturated rings. The Hall–Kier alpha value is -1.41. The van der Waals surface area contributed by atoms with Crippen molar-refractivity contribution in [3.05, 3.63) is 35.4 Å². The van der Waals surface area contributed by atoms with Crippen LogP contribution in [0.1, 0.15) is 36.8 Å². The van der Waals surface area contributed by atoms with Crippen molar-refractivity contribution in [2.45, 2.75) is 50.6 Å². The lowest BCUT2D eigenvalue weighted by Gasteiger charge is -2.43. The Kier molecular flexibility index (Phi) is 5.48. The van der Waals surface area contributed by atoms with Gasteiger partial charge >= 0.3 is 13.1 Å². The second kappa shape index (κ2) is 7.46. The lowest BCUT2D eigenvalue weighted by Crippen LogP contribution is -2.59. The summed E-state index contributed by atoms with van der Waals surface area (Å²) in [6, 6.07) is 8.32. The van der Waals surface area contributed by atoms with E-state index in [-0.39, 0.29) is 18.2 Å². The molecule has 0 bridgehead atoms.